The van der Waals surface area contributed by atoms with Crippen molar-refractivity contribution < 1.29 is 0 Å². The first kappa shape index (κ1) is 13.5. The van der Waals surface area contributed by atoms with Gasteiger partial charge in [0.1, 0.15) is 0 Å². The fourth-order valence-corrected chi connectivity index (χ4v) is 2.31. The summed E-state index contributed by atoms with van der Waals surface area (Å²) in [7, 11) is 0. The molecule has 0 aromatic rings. The monoisotopic (exact) mass is 220 g/mol. The van der Waals surface area contributed by atoms with Gasteiger partial charge < -0.3 is 0 Å². The van der Waals surface area contributed by atoms with Gasteiger partial charge in [0.15, 0.2) is 0 Å². The van der Waals surface area contributed by atoms with E-state index in [4.69, 9.17) is 0 Å². The Hall–Kier alpha value is -0.520. The first-order valence-corrected chi connectivity index (χ1v) is 6.76. The highest BCUT2D eigenvalue weighted by Gasteiger charge is 2.17. The van der Waals surface area contributed by atoms with Crippen molar-refractivity contribution >= 4 is 0 Å². The third kappa shape index (κ3) is 4.55. The summed E-state index contributed by atoms with van der Waals surface area (Å²) in [6.07, 6.45) is 12.5. The van der Waals surface area contributed by atoms with E-state index < -0.39 is 0 Å². The van der Waals surface area contributed by atoms with Crippen LogP contribution in [0.5, 0.6) is 0 Å². The van der Waals surface area contributed by atoms with Crippen molar-refractivity contribution in [3.63, 3.8) is 0 Å². The van der Waals surface area contributed by atoms with E-state index in [1.54, 1.807) is 5.57 Å². The van der Waals surface area contributed by atoms with Gasteiger partial charge in [0.25, 0.3) is 0 Å². The minimum Gasteiger partial charge on any atom is -0.0856 e. The Morgan fingerprint density at radius 3 is 2.62 bits per heavy atom. The maximum Gasteiger partial charge on any atom is -0.0172 e. The van der Waals surface area contributed by atoms with Crippen LogP contribution in [0.1, 0.15) is 60.3 Å². The summed E-state index contributed by atoms with van der Waals surface area (Å²) in [4.78, 5) is 0. The Morgan fingerprint density at radius 1 is 1.31 bits per heavy atom. The Labute approximate surface area is 102 Å². The fourth-order valence-electron chi connectivity index (χ4n) is 2.31. The van der Waals surface area contributed by atoms with E-state index in [0.717, 1.165) is 11.8 Å². The van der Waals surface area contributed by atoms with Crippen LogP contribution in [0.4, 0.5) is 0 Å². The number of rotatable bonds is 1. The molecule has 0 heterocycles. The van der Waals surface area contributed by atoms with Gasteiger partial charge in [-0.05, 0) is 49.9 Å². The van der Waals surface area contributed by atoms with Crippen molar-refractivity contribution in [2.75, 3.05) is 0 Å². The Morgan fingerprint density at radius 2 is 2.00 bits per heavy atom. The van der Waals surface area contributed by atoms with Crippen LogP contribution in [0.25, 0.3) is 0 Å². The average Bonchev–Trinajstić information content (AvgIpc) is 2.16. The third-order valence-electron chi connectivity index (χ3n) is 3.80. The van der Waals surface area contributed by atoms with Crippen LogP contribution in [0, 0.1) is 17.3 Å². The molecule has 0 amide bonds. The van der Waals surface area contributed by atoms with E-state index in [1.807, 2.05) is 0 Å². The highest BCUT2D eigenvalue weighted by Crippen LogP contribution is 2.30. The molecule has 1 atom stereocenters. The maximum absolute atomic E-state index is 2.48. The summed E-state index contributed by atoms with van der Waals surface area (Å²) in [6, 6.07) is 0. The molecule has 0 aromatic heterocycles. The van der Waals surface area contributed by atoms with Gasteiger partial charge in [0.2, 0.25) is 0 Å². The predicted molar refractivity (Wildman–Crippen MR) is 73.5 cm³/mol. The van der Waals surface area contributed by atoms with Crippen LogP contribution < -0.4 is 0 Å². The molecule has 0 nitrogen and oxygen atoms in total. The van der Waals surface area contributed by atoms with Gasteiger partial charge in [0, 0.05) is 0 Å². The zero-order chi connectivity index (χ0) is 12.2. The second-order valence-corrected chi connectivity index (χ2v) is 6.38. The van der Waals surface area contributed by atoms with Crippen molar-refractivity contribution in [2.24, 2.45) is 17.3 Å². The topological polar surface area (TPSA) is 0 Å². The van der Waals surface area contributed by atoms with Gasteiger partial charge in [0.05, 0.1) is 0 Å². The van der Waals surface area contributed by atoms with Crippen LogP contribution in [0.3, 0.4) is 0 Å². The lowest BCUT2D eigenvalue weighted by Gasteiger charge is -2.24. The van der Waals surface area contributed by atoms with Crippen LogP contribution >= 0.6 is 0 Å². The Kier molecular flexibility index (Phi) is 4.83. The molecular formula is C16H28. The molecular weight excluding hydrogens is 192 g/mol. The summed E-state index contributed by atoms with van der Waals surface area (Å²) in [5.74, 6) is 1.51. The van der Waals surface area contributed by atoms with E-state index in [1.165, 1.54) is 25.7 Å². The molecule has 0 bridgehead atoms. The molecule has 0 saturated heterocycles. The highest BCUT2D eigenvalue weighted by atomic mass is 14.2. The molecule has 0 aliphatic heterocycles. The number of hydrogen-bond acceptors (Lipinski definition) is 0. The molecule has 92 valence electrons. The quantitative estimate of drug-likeness (QED) is 0.522. The molecule has 0 spiro atoms. The zero-order valence-corrected chi connectivity index (χ0v) is 11.7. The van der Waals surface area contributed by atoms with Crippen molar-refractivity contribution in [1.82, 2.24) is 0 Å². The molecule has 1 aliphatic rings. The lowest BCUT2D eigenvalue weighted by Crippen LogP contribution is -2.12. The lowest BCUT2D eigenvalue weighted by atomic mass is 9.81. The van der Waals surface area contributed by atoms with E-state index in [-0.39, 0.29) is 0 Å². The molecule has 0 radical (unpaired) electrons. The van der Waals surface area contributed by atoms with Crippen LogP contribution in [-0.2, 0) is 0 Å². The predicted octanol–water partition coefficient (Wildman–Crippen LogP) is 5.36. The SMILES string of the molecule is CC1=CCCC(C)(C)/C=C/[C@H](C(C)C)CC1. The van der Waals surface area contributed by atoms with Crippen LogP contribution in [-0.4, -0.2) is 0 Å². The van der Waals surface area contributed by atoms with Crippen molar-refractivity contribution in [2.45, 2.75) is 60.3 Å². The van der Waals surface area contributed by atoms with Crippen molar-refractivity contribution in [3.8, 4) is 0 Å². The summed E-state index contributed by atoms with van der Waals surface area (Å²) in [6.45, 7) is 11.7. The fraction of sp³-hybridized carbons (Fsp3) is 0.750. The normalized spacial score (nSPS) is 28.6. The summed E-state index contributed by atoms with van der Waals surface area (Å²) in [5, 5.41) is 0. The largest absolute Gasteiger partial charge is 0.0856 e. The number of allylic oxidation sites excluding steroid dienone is 4. The van der Waals surface area contributed by atoms with Gasteiger partial charge >= 0.3 is 0 Å². The van der Waals surface area contributed by atoms with Crippen molar-refractivity contribution in [3.05, 3.63) is 23.8 Å². The molecule has 0 N–H and O–H groups in total. The minimum absolute atomic E-state index is 0.362. The van der Waals surface area contributed by atoms with Gasteiger partial charge in [-0.1, -0.05) is 51.5 Å². The van der Waals surface area contributed by atoms with Crippen LogP contribution in [0.2, 0.25) is 0 Å². The van der Waals surface area contributed by atoms with E-state index in [2.05, 4.69) is 52.8 Å². The molecule has 0 unspecified atom stereocenters. The second-order valence-electron chi connectivity index (χ2n) is 6.38. The molecule has 16 heavy (non-hydrogen) atoms. The second kappa shape index (κ2) is 5.70. The Balaban J connectivity index is 2.79. The average molecular weight is 220 g/mol. The van der Waals surface area contributed by atoms with E-state index in [9.17, 15) is 0 Å². The molecule has 1 rings (SSSR count). The van der Waals surface area contributed by atoms with Gasteiger partial charge in [-0.15, -0.1) is 0 Å². The maximum atomic E-state index is 2.48. The van der Waals surface area contributed by atoms with Gasteiger partial charge in [-0.2, -0.15) is 0 Å². The Bertz CT molecular complexity index is 266. The summed E-state index contributed by atoms with van der Waals surface area (Å²) in [5.41, 5.74) is 1.94. The summed E-state index contributed by atoms with van der Waals surface area (Å²) < 4.78 is 0. The van der Waals surface area contributed by atoms with Gasteiger partial charge in [-0.25, -0.2) is 0 Å². The lowest BCUT2D eigenvalue weighted by molar-refractivity contribution is 0.405. The first-order valence-electron chi connectivity index (χ1n) is 6.76. The molecule has 0 fully saturated rings. The molecule has 0 heteroatoms. The zero-order valence-electron chi connectivity index (χ0n) is 11.7. The van der Waals surface area contributed by atoms with Gasteiger partial charge in [-0.3, -0.25) is 0 Å². The van der Waals surface area contributed by atoms with Crippen LogP contribution in [0.15, 0.2) is 23.8 Å². The third-order valence-corrected chi connectivity index (χ3v) is 3.80. The minimum atomic E-state index is 0.362. The first-order chi connectivity index (χ1) is 7.41. The molecule has 0 saturated carbocycles. The molecule has 1 aliphatic carbocycles. The number of hydrogen-bond donors (Lipinski definition) is 0. The highest BCUT2D eigenvalue weighted by molar-refractivity contribution is 5.05. The smallest absolute Gasteiger partial charge is 0.0172 e. The van der Waals surface area contributed by atoms with E-state index in [0.29, 0.717) is 5.41 Å². The van der Waals surface area contributed by atoms with Crippen molar-refractivity contribution in [1.29, 1.82) is 0 Å². The molecule has 0 aromatic carbocycles. The summed E-state index contributed by atoms with van der Waals surface area (Å²) >= 11 is 0. The standard InChI is InChI=1S/C16H28/c1-13(2)15-9-8-14(3)7-6-11-16(4,5)12-10-15/h7,10,12-13,15H,6,8-9,11H2,1-5H3/b12-10+,14-7?/t15-/m1/s1. The van der Waals surface area contributed by atoms with E-state index >= 15 is 0 Å².